The van der Waals surface area contributed by atoms with Crippen molar-refractivity contribution >= 4 is 0 Å². The molecule has 31 heavy (non-hydrogen) atoms. The van der Waals surface area contributed by atoms with Gasteiger partial charge < -0.3 is 14.2 Å². The largest absolute Gasteiger partial charge is 0.493 e. The summed E-state index contributed by atoms with van der Waals surface area (Å²) in [4.78, 5) is 0. The minimum absolute atomic E-state index is 0.666. The predicted octanol–water partition coefficient (Wildman–Crippen LogP) is 7.12. The fourth-order valence-electron chi connectivity index (χ4n) is 3.34. The molecule has 0 aliphatic carbocycles. The van der Waals surface area contributed by atoms with Crippen molar-refractivity contribution in [3.05, 3.63) is 59.7 Å². The molecule has 0 aliphatic rings. The molecule has 0 bridgehead atoms. The molecule has 0 aromatic heterocycles. The Bertz CT molecular complexity index is 662. The highest BCUT2D eigenvalue weighted by molar-refractivity contribution is 5.34. The average molecular weight is 427 g/mol. The highest BCUT2D eigenvalue weighted by atomic mass is 16.5. The molecule has 0 saturated heterocycles. The predicted molar refractivity (Wildman–Crippen MR) is 130 cm³/mol. The smallest absolute Gasteiger partial charge is 0.122 e. The van der Waals surface area contributed by atoms with Crippen LogP contribution < -0.4 is 9.47 Å². The number of para-hydroxylation sites is 2. The number of hydrogen-bond donors (Lipinski definition) is 0. The maximum absolute atomic E-state index is 5.99. The van der Waals surface area contributed by atoms with Gasteiger partial charge in [0.05, 0.1) is 13.2 Å². The second kappa shape index (κ2) is 14.9. The van der Waals surface area contributed by atoms with E-state index < -0.39 is 0 Å². The van der Waals surface area contributed by atoms with Crippen LogP contribution in [0.5, 0.6) is 11.5 Å². The molecule has 0 fully saturated rings. The first-order valence-corrected chi connectivity index (χ1v) is 12.1. The van der Waals surface area contributed by atoms with Crippen LogP contribution in [0.1, 0.15) is 64.5 Å². The highest BCUT2D eigenvalue weighted by Gasteiger charge is 2.05. The van der Waals surface area contributed by atoms with Gasteiger partial charge in [-0.15, -0.1) is 0 Å². The van der Waals surface area contributed by atoms with Gasteiger partial charge in [0.2, 0.25) is 0 Å². The molecule has 2 aromatic carbocycles. The van der Waals surface area contributed by atoms with E-state index >= 15 is 0 Å². The third-order valence-electron chi connectivity index (χ3n) is 5.32. The lowest BCUT2D eigenvalue weighted by Gasteiger charge is -2.13. The summed E-state index contributed by atoms with van der Waals surface area (Å²) in [6.45, 7) is 12.0. The SMILES string of the molecule is CC(C)CCOc1ccccc1CCCOCCCc1ccccc1OCCC(C)C. The molecule has 3 nitrogen and oxygen atoms in total. The van der Waals surface area contributed by atoms with Crippen molar-refractivity contribution in [3.63, 3.8) is 0 Å². The lowest BCUT2D eigenvalue weighted by atomic mass is 10.1. The van der Waals surface area contributed by atoms with E-state index in [1.54, 1.807) is 0 Å². The number of benzene rings is 2. The van der Waals surface area contributed by atoms with Crippen LogP contribution in [0.2, 0.25) is 0 Å². The van der Waals surface area contributed by atoms with Crippen LogP contribution in [0, 0.1) is 11.8 Å². The molecular weight excluding hydrogens is 384 g/mol. The quantitative estimate of drug-likeness (QED) is 0.267. The topological polar surface area (TPSA) is 27.7 Å². The first kappa shape index (κ1) is 25.3. The lowest BCUT2D eigenvalue weighted by molar-refractivity contribution is 0.129. The zero-order chi connectivity index (χ0) is 22.3. The molecule has 0 amide bonds. The molecule has 0 aliphatic heterocycles. The molecule has 0 atom stereocenters. The van der Waals surface area contributed by atoms with Gasteiger partial charge in [0.25, 0.3) is 0 Å². The Morgan fingerprint density at radius 3 is 1.42 bits per heavy atom. The van der Waals surface area contributed by atoms with Crippen molar-refractivity contribution in [2.24, 2.45) is 11.8 Å². The fourth-order valence-corrected chi connectivity index (χ4v) is 3.34. The van der Waals surface area contributed by atoms with Crippen LogP contribution in [0.3, 0.4) is 0 Å². The number of hydrogen-bond acceptors (Lipinski definition) is 3. The van der Waals surface area contributed by atoms with Gasteiger partial charge in [-0.2, -0.15) is 0 Å². The summed E-state index contributed by atoms with van der Waals surface area (Å²) in [6, 6.07) is 16.8. The van der Waals surface area contributed by atoms with Gasteiger partial charge in [0, 0.05) is 13.2 Å². The van der Waals surface area contributed by atoms with E-state index in [0.29, 0.717) is 11.8 Å². The molecule has 0 N–H and O–H groups in total. The molecular formula is C28H42O3. The number of aryl methyl sites for hydroxylation is 2. The summed E-state index contributed by atoms with van der Waals surface area (Å²) in [6.07, 6.45) is 6.18. The van der Waals surface area contributed by atoms with Crippen LogP contribution in [0.4, 0.5) is 0 Å². The van der Waals surface area contributed by atoms with Crippen LogP contribution in [0.25, 0.3) is 0 Å². The summed E-state index contributed by atoms with van der Waals surface area (Å²) in [5.41, 5.74) is 2.56. The van der Waals surface area contributed by atoms with Crippen molar-refractivity contribution < 1.29 is 14.2 Å². The van der Waals surface area contributed by atoms with Gasteiger partial charge >= 0.3 is 0 Å². The van der Waals surface area contributed by atoms with Crippen molar-refractivity contribution in [1.82, 2.24) is 0 Å². The van der Waals surface area contributed by atoms with Gasteiger partial charge in [0.1, 0.15) is 11.5 Å². The maximum atomic E-state index is 5.99. The molecule has 0 radical (unpaired) electrons. The normalized spacial score (nSPS) is 11.3. The monoisotopic (exact) mass is 426 g/mol. The van der Waals surface area contributed by atoms with Crippen molar-refractivity contribution in [2.45, 2.75) is 66.2 Å². The van der Waals surface area contributed by atoms with Gasteiger partial charge in [-0.05, 0) is 73.6 Å². The molecule has 2 aromatic rings. The Labute approximate surface area is 190 Å². The standard InChI is InChI=1S/C28H42O3/c1-23(2)17-21-30-27-15-7-5-11-25(27)13-9-19-29-20-10-14-26-12-6-8-16-28(26)31-22-18-24(3)4/h5-8,11-12,15-16,23-24H,9-10,13-14,17-22H2,1-4H3. The van der Waals surface area contributed by atoms with Crippen LogP contribution in [0.15, 0.2) is 48.5 Å². The van der Waals surface area contributed by atoms with Crippen molar-refractivity contribution in [3.8, 4) is 11.5 Å². The molecule has 0 saturated carbocycles. The van der Waals surface area contributed by atoms with Gasteiger partial charge in [-0.1, -0.05) is 64.1 Å². The first-order valence-electron chi connectivity index (χ1n) is 12.1. The highest BCUT2D eigenvalue weighted by Crippen LogP contribution is 2.21. The molecule has 0 spiro atoms. The Morgan fingerprint density at radius 1 is 0.581 bits per heavy atom. The summed E-state index contributed by atoms with van der Waals surface area (Å²) >= 11 is 0. The summed E-state index contributed by atoms with van der Waals surface area (Å²) in [5.74, 6) is 3.38. The second-order valence-corrected chi connectivity index (χ2v) is 9.10. The van der Waals surface area contributed by atoms with Gasteiger partial charge in [-0.3, -0.25) is 0 Å². The van der Waals surface area contributed by atoms with E-state index in [0.717, 1.165) is 76.5 Å². The van der Waals surface area contributed by atoms with Crippen molar-refractivity contribution in [1.29, 1.82) is 0 Å². The number of rotatable bonds is 16. The Morgan fingerprint density at radius 2 is 1.00 bits per heavy atom. The molecule has 2 rings (SSSR count). The minimum Gasteiger partial charge on any atom is -0.493 e. The first-order chi connectivity index (χ1) is 15.1. The van der Waals surface area contributed by atoms with E-state index in [4.69, 9.17) is 14.2 Å². The molecule has 0 heterocycles. The van der Waals surface area contributed by atoms with E-state index in [1.807, 2.05) is 0 Å². The molecule has 3 heteroatoms. The van der Waals surface area contributed by atoms with Crippen LogP contribution in [-0.4, -0.2) is 26.4 Å². The average Bonchev–Trinajstić information content (AvgIpc) is 2.74. The Hall–Kier alpha value is -2.00. The van der Waals surface area contributed by atoms with E-state index in [1.165, 1.54) is 11.1 Å². The summed E-state index contributed by atoms with van der Waals surface area (Å²) < 4.78 is 17.9. The third-order valence-corrected chi connectivity index (χ3v) is 5.32. The third kappa shape index (κ3) is 10.7. The lowest BCUT2D eigenvalue weighted by Crippen LogP contribution is -2.05. The molecule has 172 valence electrons. The zero-order valence-electron chi connectivity index (χ0n) is 20.1. The number of ether oxygens (including phenoxy) is 3. The minimum atomic E-state index is 0.666. The Kier molecular flexibility index (Phi) is 12.2. The van der Waals surface area contributed by atoms with Crippen molar-refractivity contribution in [2.75, 3.05) is 26.4 Å². The van der Waals surface area contributed by atoms with Crippen LogP contribution in [-0.2, 0) is 17.6 Å². The van der Waals surface area contributed by atoms with Crippen LogP contribution >= 0.6 is 0 Å². The maximum Gasteiger partial charge on any atom is 0.122 e. The summed E-state index contributed by atoms with van der Waals surface area (Å²) in [7, 11) is 0. The Balaban J connectivity index is 1.63. The summed E-state index contributed by atoms with van der Waals surface area (Å²) in [5, 5.41) is 0. The van der Waals surface area contributed by atoms with E-state index in [9.17, 15) is 0 Å². The fraction of sp³-hybridized carbons (Fsp3) is 0.571. The zero-order valence-corrected chi connectivity index (χ0v) is 20.1. The van der Waals surface area contributed by atoms with E-state index in [2.05, 4.69) is 76.2 Å². The van der Waals surface area contributed by atoms with Gasteiger partial charge in [0.15, 0.2) is 0 Å². The second-order valence-electron chi connectivity index (χ2n) is 9.10. The van der Waals surface area contributed by atoms with Gasteiger partial charge in [-0.25, -0.2) is 0 Å². The van der Waals surface area contributed by atoms with E-state index in [-0.39, 0.29) is 0 Å². The molecule has 0 unspecified atom stereocenters.